The Morgan fingerprint density at radius 1 is 1.08 bits per heavy atom. The van der Waals surface area contributed by atoms with E-state index in [1.807, 2.05) is 0 Å². The van der Waals surface area contributed by atoms with Gasteiger partial charge in [-0.1, -0.05) is 6.07 Å². The van der Waals surface area contributed by atoms with Crippen molar-refractivity contribution in [2.45, 2.75) is 31.1 Å². The van der Waals surface area contributed by atoms with Crippen LogP contribution in [0.2, 0.25) is 0 Å². The lowest BCUT2D eigenvalue weighted by molar-refractivity contribution is -0.133. The van der Waals surface area contributed by atoms with E-state index in [1.165, 1.54) is 19.1 Å². The lowest BCUT2D eigenvalue weighted by Crippen LogP contribution is -2.35. The fraction of sp³-hybridized carbons (Fsp3) is 0.294. The summed E-state index contributed by atoms with van der Waals surface area (Å²) < 4.78 is 24.5. The molecule has 1 heterocycles. The Morgan fingerprint density at radius 2 is 1.71 bits per heavy atom. The van der Waals surface area contributed by atoms with Gasteiger partial charge in [-0.15, -0.1) is 0 Å². The maximum atomic E-state index is 12.7. The van der Waals surface area contributed by atoms with Crippen molar-refractivity contribution < 1.29 is 27.6 Å². The van der Waals surface area contributed by atoms with Crippen molar-refractivity contribution in [1.29, 1.82) is 0 Å². The molecule has 0 saturated heterocycles. The first kappa shape index (κ1) is 16.4. The molecule has 0 radical (unpaired) electrons. The minimum Gasteiger partial charge on any atom is -0.298 e. The summed E-state index contributed by atoms with van der Waals surface area (Å²) in [5.41, 5.74) is 0.0863. The maximum Gasteiger partial charge on any atom is 0.200 e. The number of allylic oxidation sites excluding steroid dienone is 1. The van der Waals surface area contributed by atoms with E-state index in [1.54, 1.807) is 0 Å². The van der Waals surface area contributed by atoms with Crippen molar-refractivity contribution in [3.8, 4) is 0 Å². The molecule has 24 heavy (non-hydrogen) atoms. The highest BCUT2D eigenvalue weighted by atomic mass is 32.2. The molecule has 0 N–H and O–H groups in total. The number of rotatable bonds is 2. The number of sulfone groups is 1. The van der Waals surface area contributed by atoms with Gasteiger partial charge in [-0.05, 0) is 31.1 Å². The van der Waals surface area contributed by atoms with E-state index in [2.05, 4.69) is 0 Å². The van der Waals surface area contributed by atoms with E-state index in [9.17, 15) is 27.6 Å². The van der Waals surface area contributed by atoms with Crippen LogP contribution in [0.3, 0.4) is 0 Å². The number of carbonyl (C=O) groups excluding carboxylic acids is 4. The number of fused-ring (bicyclic) bond motifs is 1. The Bertz CT molecular complexity index is 920. The fourth-order valence-corrected chi connectivity index (χ4v) is 4.63. The van der Waals surface area contributed by atoms with E-state index in [4.69, 9.17) is 0 Å². The zero-order chi connectivity index (χ0) is 17.6. The second kappa shape index (κ2) is 5.59. The first-order valence-electron chi connectivity index (χ1n) is 7.45. The second-order valence-electron chi connectivity index (χ2n) is 5.91. The number of carbonyl (C=O) groups is 4. The number of ketones is 4. The minimum absolute atomic E-state index is 0.00553. The lowest BCUT2D eigenvalue weighted by atomic mass is 9.80. The number of Topliss-reactive ketones (excluding diaryl/α,β-unsaturated/α-hetero) is 3. The Morgan fingerprint density at radius 3 is 2.33 bits per heavy atom. The summed E-state index contributed by atoms with van der Waals surface area (Å²) in [5, 5.41) is 0.801. The van der Waals surface area contributed by atoms with Gasteiger partial charge in [0, 0.05) is 29.4 Å². The molecule has 1 aromatic carbocycles. The second-order valence-corrected chi connectivity index (χ2v) is 7.68. The summed E-state index contributed by atoms with van der Waals surface area (Å²) in [6.07, 6.45) is 1.71. The molecule has 1 saturated carbocycles. The molecule has 1 aromatic rings. The minimum atomic E-state index is -3.84. The van der Waals surface area contributed by atoms with Gasteiger partial charge < -0.3 is 0 Å². The smallest absolute Gasteiger partial charge is 0.200 e. The van der Waals surface area contributed by atoms with Crippen molar-refractivity contribution >= 4 is 33.0 Å². The van der Waals surface area contributed by atoms with Gasteiger partial charge in [0.1, 0.15) is 5.92 Å². The van der Waals surface area contributed by atoms with Crippen molar-refractivity contribution in [2.75, 3.05) is 0 Å². The number of benzene rings is 1. The average Bonchev–Trinajstić information content (AvgIpc) is 2.50. The van der Waals surface area contributed by atoms with Gasteiger partial charge in [0.15, 0.2) is 23.1 Å². The van der Waals surface area contributed by atoms with Crippen molar-refractivity contribution in [2.24, 2.45) is 5.92 Å². The molecule has 1 fully saturated rings. The Balaban J connectivity index is 2.15. The first-order valence-corrected chi connectivity index (χ1v) is 8.99. The summed E-state index contributed by atoms with van der Waals surface area (Å²) >= 11 is 0. The van der Waals surface area contributed by atoms with Crippen LogP contribution >= 0.6 is 0 Å². The van der Waals surface area contributed by atoms with Crippen molar-refractivity contribution in [1.82, 2.24) is 0 Å². The third kappa shape index (κ3) is 2.45. The molecule has 6 nitrogen and oxygen atoms in total. The largest absolute Gasteiger partial charge is 0.298 e. The van der Waals surface area contributed by atoms with Gasteiger partial charge in [0.25, 0.3) is 0 Å². The molecule has 7 heteroatoms. The van der Waals surface area contributed by atoms with E-state index in [-0.39, 0.29) is 34.4 Å². The molecule has 124 valence electrons. The maximum absolute atomic E-state index is 12.7. The van der Waals surface area contributed by atoms with Crippen LogP contribution in [0.25, 0.3) is 0 Å². The van der Waals surface area contributed by atoms with E-state index in [0.29, 0.717) is 6.42 Å². The monoisotopic (exact) mass is 346 g/mol. The number of hydrogen-bond donors (Lipinski definition) is 0. The topological polar surface area (TPSA) is 102 Å². The quantitative estimate of drug-likeness (QED) is 0.595. The molecule has 0 amide bonds. The highest BCUT2D eigenvalue weighted by Crippen LogP contribution is 2.31. The molecular weight excluding hydrogens is 332 g/mol. The molecule has 3 rings (SSSR count). The van der Waals surface area contributed by atoms with Crippen LogP contribution in [0, 0.1) is 12.8 Å². The highest BCUT2D eigenvalue weighted by molar-refractivity contribution is 7.94. The van der Waals surface area contributed by atoms with Crippen LogP contribution in [0.5, 0.6) is 0 Å². The van der Waals surface area contributed by atoms with Crippen LogP contribution in [-0.2, 0) is 19.4 Å². The van der Waals surface area contributed by atoms with Crippen LogP contribution in [0.1, 0.15) is 45.5 Å². The van der Waals surface area contributed by atoms with Crippen molar-refractivity contribution in [3.63, 3.8) is 0 Å². The zero-order valence-corrected chi connectivity index (χ0v) is 13.7. The average molecular weight is 346 g/mol. The van der Waals surface area contributed by atoms with Gasteiger partial charge in [0.2, 0.25) is 9.84 Å². The zero-order valence-electron chi connectivity index (χ0n) is 12.9. The van der Waals surface area contributed by atoms with Crippen LogP contribution < -0.4 is 0 Å². The molecule has 0 spiro atoms. The standard InChI is InChI=1S/C17H14O6S/c1-9-10(16(21)15-13(19)3-2-4-14(15)20)5-6-11-12(18)7-8-24(22,23)17(9)11/h5-8,15H,2-4H2,1H3. The summed E-state index contributed by atoms with van der Waals surface area (Å²) in [4.78, 5) is 48.3. The summed E-state index contributed by atoms with van der Waals surface area (Å²) in [7, 11) is -3.84. The lowest BCUT2D eigenvalue weighted by Gasteiger charge is -2.21. The van der Waals surface area contributed by atoms with E-state index < -0.39 is 38.9 Å². The summed E-state index contributed by atoms with van der Waals surface area (Å²) in [5.74, 6) is -3.40. The van der Waals surface area contributed by atoms with E-state index >= 15 is 0 Å². The molecule has 0 bridgehead atoms. The van der Waals surface area contributed by atoms with Gasteiger partial charge in [0.05, 0.1) is 4.90 Å². The Hall–Kier alpha value is -2.41. The molecular formula is C17H14O6S. The normalized spacial score (nSPS) is 20.1. The first-order chi connectivity index (χ1) is 11.2. The van der Waals surface area contributed by atoms with Gasteiger partial charge in [-0.3, -0.25) is 19.2 Å². The predicted molar refractivity (Wildman–Crippen MR) is 83.5 cm³/mol. The molecule has 0 atom stereocenters. The van der Waals surface area contributed by atoms with Crippen LogP contribution in [0.15, 0.2) is 28.5 Å². The third-order valence-electron chi connectivity index (χ3n) is 4.37. The van der Waals surface area contributed by atoms with Gasteiger partial charge in [-0.25, -0.2) is 8.42 Å². The van der Waals surface area contributed by atoms with Gasteiger partial charge in [-0.2, -0.15) is 0 Å². The fourth-order valence-electron chi connectivity index (χ4n) is 3.18. The van der Waals surface area contributed by atoms with Crippen molar-refractivity contribution in [3.05, 3.63) is 40.3 Å². The summed E-state index contributed by atoms with van der Waals surface area (Å²) in [6, 6.07) is 2.58. The summed E-state index contributed by atoms with van der Waals surface area (Å²) in [6.45, 7) is 1.41. The third-order valence-corrected chi connectivity index (χ3v) is 5.96. The van der Waals surface area contributed by atoms with E-state index in [0.717, 1.165) is 11.5 Å². The van der Waals surface area contributed by atoms with Crippen LogP contribution in [0.4, 0.5) is 0 Å². The molecule has 1 aliphatic carbocycles. The SMILES string of the molecule is Cc1c(C(=O)C2C(=O)CCCC2=O)ccc2c1S(=O)(=O)C=CC2=O. The highest BCUT2D eigenvalue weighted by Gasteiger charge is 2.38. The molecule has 0 aromatic heterocycles. The molecule has 1 aliphatic heterocycles. The Kier molecular flexibility index (Phi) is 3.83. The number of hydrogen-bond acceptors (Lipinski definition) is 6. The molecule has 2 aliphatic rings. The van der Waals surface area contributed by atoms with Crippen LogP contribution in [-0.4, -0.2) is 31.6 Å². The predicted octanol–water partition coefficient (Wildman–Crippen LogP) is 1.60. The molecule has 0 unspecified atom stereocenters. The Labute approximate surface area is 138 Å². The van der Waals surface area contributed by atoms with Gasteiger partial charge >= 0.3 is 0 Å².